The molecule has 0 aromatic heterocycles. The van der Waals surface area contributed by atoms with E-state index >= 15 is 0 Å². The van der Waals surface area contributed by atoms with Gasteiger partial charge in [0.25, 0.3) is 6.71 Å². The molecule has 0 saturated heterocycles. The Morgan fingerprint density at radius 1 is 0.708 bits per heavy atom. The summed E-state index contributed by atoms with van der Waals surface area (Å²) in [5.41, 5.74) is 7.09. The number of hydrogen-bond donors (Lipinski definition) is 0. The lowest BCUT2D eigenvalue weighted by molar-refractivity contribution is 0.460. The Bertz CT molecular complexity index is 930. The largest absolute Gasteiger partial charge is 0.458 e. The quantitative estimate of drug-likeness (QED) is 0.408. The van der Waals surface area contributed by atoms with Gasteiger partial charge in [-0.1, -0.05) is 36.4 Å². The Morgan fingerprint density at radius 2 is 1.21 bits per heavy atom. The van der Waals surface area contributed by atoms with E-state index in [0.717, 1.165) is 34.0 Å². The summed E-state index contributed by atoms with van der Waals surface area (Å²) in [5, 5.41) is 0. The molecule has 0 spiro atoms. The molecule has 3 aromatic rings. The molecule has 0 aliphatic carbocycles. The molecule has 2 nitrogen and oxygen atoms in total. The van der Waals surface area contributed by atoms with Crippen LogP contribution < -0.4 is 25.9 Å². The number of hydrogen-bond acceptors (Lipinski definition) is 2. The van der Waals surface area contributed by atoms with Crippen molar-refractivity contribution in [2.24, 2.45) is 0 Å². The van der Waals surface area contributed by atoms with Crippen molar-refractivity contribution in [1.82, 2.24) is 0 Å². The van der Waals surface area contributed by atoms with Crippen LogP contribution in [0.2, 0.25) is 0 Å². The van der Waals surface area contributed by atoms with Crippen molar-refractivity contribution in [1.29, 1.82) is 0 Å². The molecule has 2 heterocycles. The average Bonchev–Trinajstić information content (AvgIpc) is 2.56. The molecule has 5 rings (SSSR count). The van der Waals surface area contributed by atoms with Gasteiger partial charge in [-0.25, -0.2) is 0 Å². The molecule has 0 bridgehead atoms. The molecule has 2 aliphatic rings. The van der Waals surface area contributed by atoms with Crippen LogP contribution in [0.5, 0.6) is 23.0 Å². The van der Waals surface area contributed by atoms with Crippen LogP contribution in [0.3, 0.4) is 0 Å². The third-order valence-corrected chi connectivity index (χ3v) is 5.07. The number of para-hydroxylation sites is 2. The fraction of sp³-hybridized carbons (Fsp3) is 0.143. The number of aryl methyl sites for hydroxylation is 3. The molecule has 3 aromatic carbocycles. The van der Waals surface area contributed by atoms with Gasteiger partial charge in [0.2, 0.25) is 0 Å². The van der Waals surface area contributed by atoms with Crippen LogP contribution in [0.4, 0.5) is 0 Å². The third kappa shape index (κ3) is 1.73. The monoisotopic (exact) mass is 312 g/mol. The summed E-state index contributed by atoms with van der Waals surface area (Å²) >= 11 is 0. The summed E-state index contributed by atoms with van der Waals surface area (Å²) in [6.07, 6.45) is 0. The first-order valence-electron chi connectivity index (χ1n) is 8.33. The SMILES string of the molecule is Cc1cc2c3c(c1)Oc1c(C)cccc1B3c1cccc(C)c1O2. The summed E-state index contributed by atoms with van der Waals surface area (Å²) in [6.45, 7) is 6.47. The highest BCUT2D eigenvalue weighted by molar-refractivity contribution is 6.98. The molecule has 3 heteroatoms. The number of benzene rings is 3. The molecule has 0 amide bonds. The highest BCUT2D eigenvalue weighted by Gasteiger charge is 2.40. The van der Waals surface area contributed by atoms with Crippen LogP contribution in [0.1, 0.15) is 16.7 Å². The van der Waals surface area contributed by atoms with E-state index in [1.54, 1.807) is 0 Å². The maximum absolute atomic E-state index is 6.30. The van der Waals surface area contributed by atoms with E-state index in [1.807, 2.05) is 0 Å². The molecular weight excluding hydrogens is 295 g/mol. The van der Waals surface area contributed by atoms with Gasteiger partial charge in [0, 0.05) is 5.46 Å². The second kappa shape index (κ2) is 4.67. The Kier molecular flexibility index (Phi) is 2.67. The summed E-state index contributed by atoms with van der Waals surface area (Å²) in [4.78, 5) is 0. The topological polar surface area (TPSA) is 18.5 Å². The molecule has 24 heavy (non-hydrogen) atoms. The van der Waals surface area contributed by atoms with Gasteiger partial charge >= 0.3 is 0 Å². The van der Waals surface area contributed by atoms with Gasteiger partial charge in [0.15, 0.2) is 0 Å². The van der Waals surface area contributed by atoms with Gasteiger partial charge in [-0.05, 0) is 60.5 Å². The predicted octanol–water partition coefficient (Wildman–Crippen LogP) is 3.34. The van der Waals surface area contributed by atoms with Crippen molar-refractivity contribution in [3.63, 3.8) is 0 Å². The fourth-order valence-electron chi connectivity index (χ4n) is 3.97. The highest BCUT2D eigenvalue weighted by Crippen LogP contribution is 2.37. The van der Waals surface area contributed by atoms with Crippen LogP contribution in [-0.2, 0) is 0 Å². The van der Waals surface area contributed by atoms with E-state index < -0.39 is 0 Å². The molecule has 0 unspecified atom stereocenters. The molecule has 0 atom stereocenters. The second-order valence-electron chi connectivity index (χ2n) is 6.80. The lowest BCUT2D eigenvalue weighted by Crippen LogP contribution is -2.57. The zero-order valence-electron chi connectivity index (χ0n) is 14.0. The van der Waals surface area contributed by atoms with Gasteiger partial charge < -0.3 is 9.47 Å². The average molecular weight is 312 g/mol. The van der Waals surface area contributed by atoms with Gasteiger partial charge in [0.1, 0.15) is 23.0 Å². The van der Waals surface area contributed by atoms with Gasteiger partial charge in [-0.15, -0.1) is 0 Å². The van der Waals surface area contributed by atoms with E-state index in [2.05, 4.69) is 69.3 Å². The van der Waals surface area contributed by atoms with Crippen LogP contribution in [-0.4, -0.2) is 6.71 Å². The van der Waals surface area contributed by atoms with E-state index in [1.165, 1.54) is 22.1 Å². The molecule has 116 valence electrons. The first-order valence-corrected chi connectivity index (χ1v) is 8.33. The van der Waals surface area contributed by atoms with E-state index in [0.29, 0.717) is 0 Å². The van der Waals surface area contributed by atoms with Crippen molar-refractivity contribution in [2.45, 2.75) is 20.8 Å². The van der Waals surface area contributed by atoms with E-state index in [9.17, 15) is 0 Å². The zero-order valence-corrected chi connectivity index (χ0v) is 14.0. The first-order chi connectivity index (χ1) is 11.6. The van der Waals surface area contributed by atoms with Gasteiger partial charge in [-0.3, -0.25) is 0 Å². The summed E-state index contributed by atoms with van der Waals surface area (Å²) in [5.74, 6) is 3.81. The Morgan fingerprint density at radius 3 is 1.71 bits per heavy atom. The second-order valence-corrected chi connectivity index (χ2v) is 6.80. The summed E-state index contributed by atoms with van der Waals surface area (Å²) in [7, 11) is 0. The number of ether oxygens (including phenoxy) is 2. The van der Waals surface area contributed by atoms with E-state index in [4.69, 9.17) is 9.47 Å². The molecule has 0 saturated carbocycles. The molecule has 0 N–H and O–H groups in total. The molecule has 0 fully saturated rings. The van der Waals surface area contributed by atoms with Crippen LogP contribution in [0.25, 0.3) is 0 Å². The van der Waals surface area contributed by atoms with Crippen molar-refractivity contribution in [3.05, 3.63) is 65.2 Å². The number of fused-ring (bicyclic) bond motifs is 4. The molecule has 0 radical (unpaired) electrons. The zero-order chi connectivity index (χ0) is 16.4. The summed E-state index contributed by atoms with van der Waals surface area (Å²) < 4.78 is 12.6. The molecular formula is C21H17BO2. The Balaban J connectivity index is 1.89. The fourth-order valence-corrected chi connectivity index (χ4v) is 3.97. The van der Waals surface area contributed by atoms with Crippen LogP contribution >= 0.6 is 0 Å². The minimum atomic E-state index is 0.169. The van der Waals surface area contributed by atoms with E-state index in [-0.39, 0.29) is 6.71 Å². The third-order valence-electron chi connectivity index (χ3n) is 5.07. The van der Waals surface area contributed by atoms with Crippen molar-refractivity contribution in [2.75, 3.05) is 0 Å². The maximum atomic E-state index is 6.30. The molecule has 2 aliphatic heterocycles. The predicted molar refractivity (Wildman–Crippen MR) is 98.3 cm³/mol. The smallest absolute Gasteiger partial charge is 0.260 e. The number of rotatable bonds is 0. The maximum Gasteiger partial charge on any atom is 0.260 e. The minimum absolute atomic E-state index is 0.169. The van der Waals surface area contributed by atoms with Crippen LogP contribution in [0, 0.1) is 20.8 Å². The normalized spacial score (nSPS) is 13.4. The lowest BCUT2D eigenvalue weighted by Gasteiger charge is -2.34. The Hall–Kier alpha value is -2.68. The minimum Gasteiger partial charge on any atom is -0.458 e. The van der Waals surface area contributed by atoms with Gasteiger partial charge in [0.05, 0.1) is 0 Å². The van der Waals surface area contributed by atoms with Crippen LogP contribution in [0.15, 0.2) is 48.5 Å². The van der Waals surface area contributed by atoms with Crippen molar-refractivity contribution >= 4 is 23.1 Å². The van der Waals surface area contributed by atoms with Crippen molar-refractivity contribution < 1.29 is 9.47 Å². The van der Waals surface area contributed by atoms with Crippen molar-refractivity contribution in [3.8, 4) is 23.0 Å². The lowest BCUT2D eigenvalue weighted by atomic mass is 9.34. The summed E-state index contributed by atoms with van der Waals surface area (Å²) in [6, 6.07) is 17.0. The first kappa shape index (κ1) is 13.7. The Labute approximate surface area is 142 Å². The highest BCUT2D eigenvalue weighted by atomic mass is 16.5. The van der Waals surface area contributed by atoms with Gasteiger partial charge in [-0.2, -0.15) is 0 Å². The standard InChI is InChI=1S/C21H17BO2/c1-12-10-17-19-18(11-12)24-21-14(3)7-5-9-16(21)22(19)15-8-4-6-13(2)20(15)23-17/h4-11H,1-3H3.